The molecule has 0 unspecified atom stereocenters. The Morgan fingerprint density at radius 1 is 0.933 bits per heavy atom. The highest BCUT2D eigenvalue weighted by Gasteiger charge is 2.12. The summed E-state index contributed by atoms with van der Waals surface area (Å²) in [5.41, 5.74) is 2.25. The fourth-order valence-corrected chi connectivity index (χ4v) is 3.37. The molecule has 4 rings (SSSR count). The Labute approximate surface area is 174 Å². The molecule has 0 atom stereocenters. The molecule has 2 aromatic carbocycles. The quantitative estimate of drug-likeness (QED) is 0.459. The molecule has 0 spiro atoms. The highest BCUT2D eigenvalue weighted by Crippen LogP contribution is 2.37. The number of nitrogens with zero attached hydrogens (tertiary/aromatic N) is 2. The van der Waals surface area contributed by atoms with Gasteiger partial charge in [-0.3, -0.25) is 9.78 Å². The molecule has 2 aromatic heterocycles. The average Bonchev–Trinajstić information content (AvgIpc) is 2.79. The Balaban J connectivity index is 1.67. The molecule has 0 saturated heterocycles. The molecule has 2 heterocycles. The summed E-state index contributed by atoms with van der Waals surface area (Å²) >= 11 is 0. The molecular weight excluding hydrogens is 380 g/mol. The van der Waals surface area contributed by atoms with Crippen molar-refractivity contribution in [3.05, 3.63) is 77.3 Å². The smallest absolute Gasteiger partial charge is 0.258 e. The maximum Gasteiger partial charge on any atom is 0.258 e. The Bertz CT molecular complexity index is 1250. The minimum absolute atomic E-state index is 0.00478. The van der Waals surface area contributed by atoms with Crippen LogP contribution >= 0.6 is 0 Å². The minimum atomic E-state index is -0.00478. The Hall–Kier alpha value is -3.80. The Kier molecular flexibility index (Phi) is 5.39. The number of methoxy groups -OCH3 is 2. The molecule has 0 aliphatic carbocycles. The van der Waals surface area contributed by atoms with Crippen LogP contribution in [0.2, 0.25) is 0 Å². The third-order valence-corrected chi connectivity index (χ3v) is 4.96. The number of benzene rings is 2. The van der Waals surface area contributed by atoms with Gasteiger partial charge in [-0.05, 0) is 48.9 Å². The fourth-order valence-electron chi connectivity index (χ4n) is 3.37. The van der Waals surface area contributed by atoms with Gasteiger partial charge in [-0.25, -0.2) is 0 Å². The van der Waals surface area contributed by atoms with E-state index in [1.165, 1.54) is 0 Å². The van der Waals surface area contributed by atoms with Crippen molar-refractivity contribution in [3.63, 3.8) is 0 Å². The van der Waals surface area contributed by atoms with Crippen molar-refractivity contribution >= 4 is 10.9 Å². The lowest BCUT2D eigenvalue weighted by molar-refractivity contribution is 0.355. The second-order valence-corrected chi connectivity index (χ2v) is 6.67. The summed E-state index contributed by atoms with van der Waals surface area (Å²) in [6.07, 6.45) is 3.48. The van der Waals surface area contributed by atoms with Crippen LogP contribution in [-0.4, -0.2) is 23.8 Å². The lowest BCUT2D eigenvalue weighted by atomic mass is 10.1. The second kappa shape index (κ2) is 8.29. The van der Waals surface area contributed by atoms with E-state index in [0.717, 1.165) is 16.5 Å². The number of rotatable bonds is 6. The van der Waals surface area contributed by atoms with E-state index >= 15 is 0 Å². The summed E-state index contributed by atoms with van der Waals surface area (Å²) in [5.74, 6) is 2.53. The van der Waals surface area contributed by atoms with Crippen LogP contribution in [0.25, 0.3) is 22.0 Å². The first-order valence-electron chi connectivity index (χ1n) is 9.63. The minimum Gasteiger partial charge on any atom is -0.493 e. The van der Waals surface area contributed by atoms with Crippen LogP contribution in [0, 0.1) is 0 Å². The van der Waals surface area contributed by atoms with Crippen LogP contribution in [0.15, 0.2) is 71.8 Å². The number of hydrogen-bond acceptors (Lipinski definition) is 5. The van der Waals surface area contributed by atoms with Gasteiger partial charge >= 0.3 is 0 Å². The zero-order chi connectivity index (χ0) is 21.1. The van der Waals surface area contributed by atoms with Crippen LogP contribution < -0.4 is 19.8 Å². The van der Waals surface area contributed by atoms with Gasteiger partial charge in [0.1, 0.15) is 11.5 Å². The molecule has 6 heteroatoms. The summed E-state index contributed by atoms with van der Waals surface area (Å²) in [6.45, 7) is 2.59. The lowest BCUT2D eigenvalue weighted by Gasteiger charge is -2.12. The molecular formula is C24H22N2O4. The monoisotopic (exact) mass is 402 g/mol. The molecule has 0 amide bonds. The maximum absolute atomic E-state index is 12.5. The van der Waals surface area contributed by atoms with E-state index in [4.69, 9.17) is 14.2 Å². The Morgan fingerprint density at radius 3 is 2.37 bits per heavy atom. The molecule has 0 aliphatic heterocycles. The van der Waals surface area contributed by atoms with Gasteiger partial charge in [-0.2, -0.15) is 0 Å². The highest BCUT2D eigenvalue weighted by molar-refractivity contribution is 5.88. The number of pyridine rings is 2. The van der Waals surface area contributed by atoms with Crippen LogP contribution in [0.3, 0.4) is 0 Å². The zero-order valence-corrected chi connectivity index (χ0v) is 17.1. The molecule has 152 valence electrons. The maximum atomic E-state index is 12.5. The molecule has 0 bridgehead atoms. The second-order valence-electron chi connectivity index (χ2n) is 6.67. The largest absolute Gasteiger partial charge is 0.493 e. The van der Waals surface area contributed by atoms with Gasteiger partial charge in [0.2, 0.25) is 0 Å². The van der Waals surface area contributed by atoms with Gasteiger partial charge in [-0.1, -0.05) is 12.1 Å². The van der Waals surface area contributed by atoms with Crippen molar-refractivity contribution in [1.29, 1.82) is 0 Å². The number of ether oxygens (including phenoxy) is 3. The molecule has 6 nitrogen and oxygen atoms in total. The highest BCUT2D eigenvalue weighted by atomic mass is 16.5. The summed E-state index contributed by atoms with van der Waals surface area (Å²) in [7, 11) is 3.18. The predicted molar refractivity (Wildman–Crippen MR) is 117 cm³/mol. The van der Waals surface area contributed by atoms with Gasteiger partial charge in [0.15, 0.2) is 11.5 Å². The van der Waals surface area contributed by atoms with Crippen LogP contribution in [-0.2, 0) is 6.54 Å². The standard InChI is InChI=1S/C24H22N2O4/c1-4-26-13-5-6-18(24(26)27)16-7-9-17(10-8-16)30-21-11-12-25-20-15-23(29-3)22(28-2)14-19(20)21/h5-15H,4H2,1-3H3. The third-order valence-electron chi connectivity index (χ3n) is 4.96. The van der Waals surface area contributed by atoms with Gasteiger partial charge in [-0.15, -0.1) is 0 Å². The van der Waals surface area contributed by atoms with Crippen molar-refractivity contribution in [3.8, 4) is 34.1 Å². The predicted octanol–water partition coefficient (Wildman–Crippen LogP) is 4.89. The van der Waals surface area contributed by atoms with Crippen LogP contribution in [0.5, 0.6) is 23.0 Å². The van der Waals surface area contributed by atoms with E-state index in [1.54, 1.807) is 37.2 Å². The van der Waals surface area contributed by atoms with Crippen molar-refractivity contribution in [2.45, 2.75) is 13.5 Å². The van der Waals surface area contributed by atoms with E-state index in [-0.39, 0.29) is 5.56 Å². The number of hydrogen-bond donors (Lipinski definition) is 0. The first-order valence-corrected chi connectivity index (χ1v) is 9.63. The number of aryl methyl sites for hydroxylation is 1. The molecule has 0 aliphatic rings. The van der Waals surface area contributed by atoms with Crippen LogP contribution in [0.4, 0.5) is 0 Å². The van der Waals surface area contributed by atoms with E-state index < -0.39 is 0 Å². The zero-order valence-electron chi connectivity index (χ0n) is 17.1. The lowest BCUT2D eigenvalue weighted by Crippen LogP contribution is -2.19. The van der Waals surface area contributed by atoms with E-state index in [0.29, 0.717) is 35.1 Å². The van der Waals surface area contributed by atoms with Gasteiger partial charge in [0, 0.05) is 36.0 Å². The van der Waals surface area contributed by atoms with E-state index in [9.17, 15) is 4.79 Å². The molecule has 0 N–H and O–H groups in total. The van der Waals surface area contributed by atoms with Crippen molar-refractivity contribution < 1.29 is 14.2 Å². The van der Waals surface area contributed by atoms with E-state index in [1.807, 2.05) is 55.5 Å². The van der Waals surface area contributed by atoms with Gasteiger partial charge < -0.3 is 18.8 Å². The fraction of sp³-hybridized carbons (Fsp3) is 0.167. The van der Waals surface area contributed by atoms with Crippen molar-refractivity contribution in [1.82, 2.24) is 9.55 Å². The first-order chi connectivity index (χ1) is 14.6. The SMILES string of the molecule is CCn1cccc(-c2ccc(Oc3ccnc4cc(OC)c(OC)cc34)cc2)c1=O. The molecule has 0 fully saturated rings. The summed E-state index contributed by atoms with van der Waals surface area (Å²) in [5, 5.41) is 0.813. The summed E-state index contributed by atoms with van der Waals surface area (Å²) in [4.78, 5) is 16.9. The molecule has 4 aromatic rings. The molecule has 30 heavy (non-hydrogen) atoms. The van der Waals surface area contributed by atoms with Gasteiger partial charge in [0.25, 0.3) is 5.56 Å². The van der Waals surface area contributed by atoms with Crippen LogP contribution in [0.1, 0.15) is 6.92 Å². The number of aromatic nitrogens is 2. The summed E-state index contributed by atoms with van der Waals surface area (Å²) < 4.78 is 18.6. The number of fused-ring (bicyclic) bond motifs is 1. The summed E-state index contributed by atoms with van der Waals surface area (Å²) in [6, 6.07) is 16.7. The van der Waals surface area contributed by atoms with E-state index in [2.05, 4.69) is 4.98 Å². The van der Waals surface area contributed by atoms with Crippen molar-refractivity contribution in [2.24, 2.45) is 0 Å². The first kappa shape index (κ1) is 19.5. The Morgan fingerprint density at radius 2 is 1.67 bits per heavy atom. The molecule has 0 radical (unpaired) electrons. The third kappa shape index (κ3) is 3.59. The molecule has 0 saturated carbocycles. The normalized spacial score (nSPS) is 10.8. The van der Waals surface area contributed by atoms with Gasteiger partial charge in [0.05, 0.1) is 19.7 Å². The van der Waals surface area contributed by atoms with Crippen molar-refractivity contribution in [2.75, 3.05) is 14.2 Å². The average molecular weight is 402 g/mol. The topological polar surface area (TPSA) is 62.6 Å².